The largest absolute Gasteiger partial charge is 0.493 e. The summed E-state index contributed by atoms with van der Waals surface area (Å²) in [6, 6.07) is 3.44. The first kappa shape index (κ1) is 23.3. The molecule has 0 saturated carbocycles. The summed E-state index contributed by atoms with van der Waals surface area (Å²) in [6.45, 7) is 10.2. The summed E-state index contributed by atoms with van der Waals surface area (Å²) >= 11 is 0. The van der Waals surface area contributed by atoms with Gasteiger partial charge in [0.1, 0.15) is 5.70 Å². The van der Waals surface area contributed by atoms with Crippen molar-refractivity contribution >= 4 is 17.9 Å². The summed E-state index contributed by atoms with van der Waals surface area (Å²) in [6.07, 6.45) is 1.62. The molecule has 28 heavy (non-hydrogen) atoms. The van der Waals surface area contributed by atoms with E-state index >= 15 is 0 Å². The Morgan fingerprint density at radius 3 is 1.86 bits per heavy atom. The molecule has 0 radical (unpaired) electrons. The minimum Gasteiger partial charge on any atom is -0.493 e. The minimum absolute atomic E-state index is 0.192. The fourth-order valence-electron chi connectivity index (χ4n) is 2.49. The first-order chi connectivity index (χ1) is 13.1. The number of rotatable bonds is 8. The van der Waals surface area contributed by atoms with Gasteiger partial charge in [0.2, 0.25) is 11.7 Å². The molecule has 0 unspecified atom stereocenters. The highest BCUT2D eigenvalue weighted by Gasteiger charge is 2.26. The second kappa shape index (κ2) is 10.0. The highest BCUT2D eigenvalue weighted by Crippen LogP contribution is 2.38. The molecule has 0 aliphatic heterocycles. The van der Waals surface area contributed by atoms with Crippen LogP contribution in [0.3, 0.4) is 0 Å². The maximum Gasteiger partial charge on any atom is 0.270 e. The first-order valence-corrected chi connectivity index (χ1v) is 9.25. The van der Waals surface area contributed by atoms with Crippen LogP contribution in [0.25, 0.3) is 6.08 Å². The predicted molar refractivity (Wildman–Crippen MR) is 110 cm³/mol. The van der Waals surface area contributed by atoms with Crippen molar-refractivity contribution in [2.24, 2.45) is 5.41 Å². The molecule has 0 aliphatic carbocycles. The number of nitrogens with one attached hydrogen (secondary N) is 1. The zero-order valence-corrected chi connectivity index (χ0v) is 18.1. The molecule has 1 N–H and O–H groups in total. The highest BCUT2D eigenvalue weighted by molar-refractivity contribution is 6.02. The van der Waals surface area contributed by atoms with Crippen LogP contribution >= 0.6 is 0 Å². The molecular formula is C21H32N2O5. The zero-order chi connectivity index (χ0) is 21.5. The van der Waals surface area contributed by atoms with Crippen molar-refractivity contribution in [1.82, 2.24) is 10.2 Å². The van der Waals surface area contributed by atoms with Gasteiger partial charge >= 0.3 is 0 Å². The molecule has 156 valence electrons. The molecule has 0 aromatic heterocycles. The second-order valence-electron chi connectivity index (χ2n) is 7.20. The van der Waals surface area contributed by atoms with E-state index in [9.17, 15) is 9.59 Å². The number of hydrogen-bond donors (Lipinski definition) is 1. The van der Waals surface area contributed by atoms with Crippen molar-refractivity contribution in [2.45, 2.75) is 34.6 Å². The van der Waals surface area contributed by atoms with Crippen LogP contribution in [0.2, 0.25) is 0 Å². The van der Waals surface area contributed by atoms with Crippen LogP contribution in [0.1, 0.15) is 40.2 Å². The molecule has 0 saturated heterocycles. The smallest absolute Gasteiger partial charge is 0.270 e. The Bertz CT molecular complexity index is 706. The number of ether oxygens (including phenoxy) is 3. The molecule has 1 rings (SSSR count). The summed E-state index contributed by atoms with van der Waals surface area (Å²) in [5.41, 5.74) is 0.190. The number of amides is 2. The van der Waals surface area contributed by atoms with Crippen LogP contribution in [0.4, 0.5) is 0 Å². The lowest BCUT2D eigenvalue weighted by molar-refractivity contribution is -0.132. The quantitative estimate of drug-likeness (QED) is 0.688. The molecule has 0 fully saturated rings. The molecule has 1 aromatic carbocycles. The molecule has 0 bridgehead atoms. The van der Waals surface area contributed by atoms with Crippen molar-refractivity contribution < 1.29 is 23.8 Å². The van der Waals surface area contributed by atoms with Gasteiger partial charge in [0, 0.05) is 18.5 Å². The van der Waals surface area contributed by atoms with E-state index in [-0.39, 0.29) is 17.5 Å². The zero-order valence-electron chi connectivity index (χ0n) is 18.1. The minimum atomic E-state index is -0.641. The Morgan fingerprint density at radius 2 is 1.50 bits per heavy atom. The van der Waals surface area contributed by atoms with E-state index in [1.165, 1.54) is 21.3 Å². The molecule has 7 heteroatoms. The van der Waals surface area contributed by atoms with Crippen molar-refractivity contribution in [3.05, 3.63) is 23.4 Å². The van der Waals surface area contributed by atoms with Gasteiger partial charge in [-0.25, -0.2) is 0 Å². The molecule has 0 atom stereocenters. The summed E-state index contributed by atoms with van der Waals surface area (Å²) in [4.78, 5) is 27.1. The number of benzene rings is 1. The van der Waals surface area contributed by atoms with Crippen LogP contribution in [-0.2, 0) is 9.59 Å². The average Bonchev–Trinajstić information content (AvgIpc) is 2.66. The van der Waals surface area contributed by atoms with E-state index in [1.54, 1.807) is 43.9 Å². The Hall–Kier alpha value is -2.70. The van der Waals surface area contributed by atoms with E-state index < -0.39 is 5.41 Å². The van der Waals surface area contributed by atoms with Gasteiger partial charge < -0.3 is 24.4 Å². The number of carbonyl (C=O) groups excluding carboxylic acids is 2. The van der Waals surface area contributed by atoms with Gasteiger partial charge in [-0.05, 0) is 37.6 Å². The monoisotopic (exact) mass is 392 g/mol. The Balaban J connectivity index is 3.49. The summed E-state index contributed by atoms with van der Waals surface area (Å²) < 4.78 is 16.1. The SMILES string of the molecule is CCN(CC)C(=O)/C(=C\c1cc(OC)c(OC)c(OC)c1)NC(=O)C(C)(C)C. The Morgan fingerprint density at radius 1 is 1.00 bits per heavy atom. The van der Waals surface area contributed by atoms with E-state index in [0.29, 0.717) is 35.9 Å². The molecule has 1 aromatic rings. The highest BCUT2D eigenvalue weighted by atomic mass is 16.5. The van der Waals surface area contributed by atoms with Crippen LogP contribution in [0.15, 0.2) is 17.8 Å². The van der Waals surface area contributed by atoms with Gasteiger partial charge in [0.25, 0.3) is 5.91 Å². The van der Waals surface area contributed by atoms with Crippen LogP contribution in [0.5, 0.6) is 17.2 Å². The molecule has 0 aliphatic rings. The number of carbonyl (C=O) groups is 2. The predicted octanol–water partition coefficient (Wildman–Crippen LogP) is 3.08. The summed E-state index contributed by atoms with van der Waals surface area (Å²) in [7, 11) is 4.57. The van der Waals surface area contributed by atoms with Crippen LogP contribution in [0, 0.1) is 5.41 Å². The first-order valence-electron chi connectivity index (χ1n) is 9.25. The third-order valence-electron chi connectivity index (χ3n) is 4.21. The normalized spacial score (nSPS) is 11.6. The van der Waals surface area contributed by atoms with Crippen molar-refractivity contribution in [2.75, 3.05) is 34.4 Å². The molecule has 7 nitrogen and oxygen atoms in total. The Kier molecular flexibility index (Phi) is 8.35. The van der Waals surface area contributed by atoms with E-state index in [0.717, 1.165) is 0 Å². The van der Waals surface area contributed by atoms with Gasteiger partial charge in [-0.15, -0.1) is 0 Å². The van der Waals surface area contributed by atoms with E-state index in [1.807, 2.05) is 13.8 Å². The molecular weight excluding hydrogens is 360 g/mol. The third kappa shape index (κ3) is 5.65. The lowest BCUT2D eigenvalue weighted by atomic mass is 9.95. The number of methoxy groups -OCH3 is 3. The van der Waals surface area contributed by atoms with Gasteiger partial charge in [0.15, 0.2) is 11.5 Å². The van der Waals surface area contributed by atoms with Gasteiger partial charge in [-0.2, -0.15) is 0 Å². The van der Waals surface area contributed by atoms with Crippen LogP contribution < -0.4 is 19.5 Å². The molecule has 0 heterocycles. The van der Waals surface area contributed by atoms with Crippen LogP contribution in [-0.4, -0.2) is 51.1 Å². The lowest BCUT2D eigenvalue weighted by Crippen LogP contribution is -2.41. The second-order valence-corrected chi connectivity index (χ2v) is 7.20. The number of likely N-dealkylation sites (N-methyl/N-ethyl adjacent to an activating group) is 1. The van der Waals surface area contributed by atoms with Crippen molar-refractivity contribution in [3.63, 3.8) is 0 Å². The Labute approximate surface area is 167 Å². The lowest BCUT2D eigenvalue weighted by Gasteiger charge is -2.24. The molecule has 2 amide bonds. The fraction of sp³-hybridized carbons (Fsp3) is 0.524. The maximum atomic E-state index is 13.0. The fourth-order valence-corrected chi connectivity index (χ4v) is 2.49. The standard InChI is InChI=1S/C21H32N2O5/c1-9-23(10-2)19(24)15(22-20(25)21(3,4)5)11-14-12-16(26-6)18(28-8)17(13-14)27-7/h11-13H,9-10H2,1-8H3,(H,22,25)/b15-11+. The average molecular weight is 392 g/mol. The maximum absolute atomic E-state index is 13.0. The molecule has 0 spiro atoms. The van der Waals surface area contributed by atoms with Gasteiger partial charge in [-0.1, -0.05) is 20.8 Å². The van der Waals surface area contributed by atoms with Gasteiger partial charge in [0.05, 0.1) is 21.3 Å². The van der Waals surface area contributed by atoms with E-state index in [2.05, 4.69) is 5.32 Å². The number of nitrogens with zero attached hydrogens (tertiary/aromatic N) is 1. The number of hydrogen-bond acceptors (Lipinski definition) is 5. The van der Waals surface area contributed by atoms with Crippen molar-refractivity contribution in [3.8, 4) is 17.2 Å². The topological polar surface area (TPSA) is 77.1 Å². The van der Waals surface area contributed by atoms with Gasteiger partial charge in [-0.3, -0.25) is 9.59 Å². The summed E-state index contributed by atoms with van der Waals surface area (Å²) in [5, 5.41) is 2.78. The summed E-state index contributed by atoms with van der Waals surface area (Å²) in [5.74, 6) is 0.885. The third-order valence-corrected chi connectivity index (χ3v) is 4.21. The van der Waals surface area contributed by atoms with Crippen molar-refractivity contribution in [1.29, 1.82) is 0 Å². The van der Waals surface area contributed by atoms with E-state index in [4.69, 9.17) is 14.2 Å².